The van der Waals surface area contributed by atoms with Crippen LogP contribution in [-0.4, -0.2) is 48.8 Å². The Morgan fingerprint density at radius 2 is 1.96 bits per heavy atom. The molecule has 0 radical (unpaired) electrons. The molecule has 1 aliphatic heterocycles. The molecule has 1 aromatic carbocycles. The summed E-state index contributed by atoms with van der Waals surface area (Å²) in [6, 6.07) is 3.28. The monoisotopic (exact) mass is 481 g/mol. The molecule has 2 N–H and O–H groups in total. The van der Waals surface area contributed by atoms with Crippen molar-refractivity contribution < 1.29 is 18.0 Å². The molecule has 0 bridgehead atoms. The number of piperidine rings is 1. The summed E-state index contributed by atoms with van der Waals surface area (Å²) in [6.45, 7) is 8.67. The number of alkyl halides is 3. The van der Waals surface area contributed by atoms with E-state index in [4.69, 9.17) is 0 Å². The van der Waals surface area contributed by atoms with Gasteiger partial charge in [0.15, 0.2) is 0 Å². The molecule has 1 fully saturated rings. The SMILES string of the molecule is CC(C)SNCCN1CCC(CNC(=O)c2cc(Br)cc(C(F)(F)F)c2)CC1. The van der Waals surface area contributed by atoms with E-state index < -0.39 is 17.6 Å². The lowest BCUT2D eigenvalue weighted by Gasteiger charge is -2.32. The number of hydrogen-bond acceptors (Lipinski definition) is 4. The standard InChI is InChI=1S/C19H27BrF3N3OS/c1-13(2)28-25-5-8-26-6-3-14(4-7-26)12-24-18(27)15-9-16(19(21,22)23)11-17(20)10-15/h9-11,13-14,25H,3-8,12H2,1-2H3,(H,24,27). The van der Waals surface area contributed by atoms with Gasteiger partial charge >= 0.3 is 6.18 Å². The second kappa shape index (κ2) is 10.8. The van der Waals surface area contributed by atoms with Crippen LogP contribution < -0.4 is 10.0 Å². The molecule has 1 saturated heterocycles. The number of carbonyl (C=O) groups is 1. The lowest BCUT2D eigenvalue weighted by molar-refractivity contribution is -0.137. The molecule has 1 amide bonds. The largest absolute Gasteiger partial charge is 0.416 e. The summed E-state index contributed by atoms with van der Waals surface area (Å²) in [6.07, 6.45) is -2.53. The summed E-state index contributed by atoms with van der Waals surface area (Å²) in [4.78, 5) is 14.7. The van der Waals surface area contributed by atoms with Crippen LogP contribution in [-0.2, 0) is 6.18 Å². The lowest BCUT2D eigenvalue weighted by atomic mass is 9.96. The number of benzene rings is 1. The van der Waals surface area contributed by atoms with E-state index >= 15 is 0 Å². The summed E-state index contributed by atoms with van der Waals surface area (Å²) in [5.41, 5.74) is -0.808. The molecular formula is C19H27BrF3N3OS. The maximum Gasteiger partial charge on any atom is 0.416 e. The topological polar surface area (TPSA) is 44.4 Å². The number of nitrogens with zero attached hydrogens (tertiary/aromatic N) is 1. The first kappa shape index (κ1) is 23.5. The molecule has 0 aromatic heterocycles. The van der Waals surface area contributed by atoms with Crippen LogP contribution in [0.2, 0.25) is 0 Å². The molecule has 0 unspecified atom stereocenters. The summed E-state index contributed by atoms with van der Waals surface area (Å²) in [5, 5.41) is 3.35. The third-order valence-electron chi connectivity index (χ3n) is 4.59. The zero-order chi connectivity index (χ0) is 20.7. The Hall–Kier alpha value is -0.770. The molecule has 0 aliphatic carbocycles. The van der Waals surface area contributed by atoms with E-state index in [1.54, 1.807) is 11.9 Å². The summed E-state index contributed by atoms with van der Waals surface area (Å²) < 4.78 is 42.3. The van der Waals surface area contributed by atoms with Crippen molar-refractivity contribution in [2.24, 2.45) is 5.92 Å². The van der Waals surface area contributed by atoms with Crippen molar-refractivity contribution in [2.45, 2.75) is 38.1 Å². The minimum absolute atomic E-state index is 0.0212. The van der Waals surface area contributed by atoms with Crippen LogP contribution in [0.4, 0.5) is 13.2 Å². The first-order chi connectivity index (χ1) is 13.1. The molecular weight excluding hydrogens is 455 g/mol. The van der Waals surface area contributed by atoms with E-state index in [1.807, 2.05) is 0 Å². The number of amides is 1. The van der Waals surface area contributed by atoms with Gasteiger partial charge in [0.2, 0.25) is 0 Å². The molecule has 28 heavy (non-hydrogen) atoms. The van der Waals surface area contributed by atoms with Gasteiger partial charge in [-0.3, -0.25) is 9.52 Å². The molecule has 1 heterocycles. The number of rotatable bonds is 8. The van der Waals surface area contributed by atoms with Gasteiger partial charge in [0.1, 0.15) is 0 Å². The van der Waals surface area contributed by atoms with E-state index in [2.05, 4.69) is 44.7 Å². The smallest absolute Gasteiger partial charge is 0.352 e. The Bertz CT molecular complexity index is 650. The highest BCUT2D eigenvalue weighted by atomic mass is 79.9. The fraction of sp³-hybridized carbons (Fsp3) is 0.632. The zero-order valence-electron chi connectivity index (χ0n) is 16.1. The van der Waals surface area contributed by atoms with Crippen LogP contribution in [0.1, 0.15) is 42.6 Å². The molecule has 158 valence electrons. The number of halogens is 4. The Balaban J connectivity index is 1.75. The average molecular weight is 482 g/mol. The number of likely N-dealkylation sites (tertiary alicyclic amines) is 1. The predicted octanol–water partition coefficient (Wildman–Crippen LogP) is 4.56. The third-order valence-corrected chi connectivity index (χ3v) is 5.89. The third kappa shape index (κ3) is 7.93. The normalized spacial score (nSPS) is 16.5. The van der Waals surface area contributed by atoms with Crippen molar-refractivity contribution in [3.8, 4) is 0 Å². The molecule has 0 saturated carbocycles. The fourth-order valence-electron chi connectivity index (χ4n) is 3.07. The van der Waals surface area contributed by atoms with Gasteiger partial charge in [0, 0.05) is 34.9 Å². The fourth-order valence-corrected chi connectivity index (χ4v) is 4.10. The van der Waals surface area contributed by atoms with Crippen molar-refractivity contribution in [1.82, 2.24) is 14.9 Å². The van der Waals surface area contributed by atoms with Gasteiger partial charge in [-0.1, -0.05) is 41.7 Å². The maximum atomic E-state index is 12.9. The van der Waals surface area contributed by atoms with E-state index in [9.17, 15) is 18.0 Å². The average Bonchev–Trinajstić information content (AvgIpc) is 2.63. The Kier molecular flexibility index (Phi) is 9.11. The van der Waals surface area contributed by atoms with Gasteiger partial charge in [-0.25, -0.2) is 0 Å². The highest BCUT2D eigenvalue weighted by Gasteiger charge is 2.31. The van der Waals surface area contributed by atoms with Crippen LogP contribution in [0.5, 0.6) is 0 Å². The van der Waals surface area contributed by atoms with E-state index in [0.29, 0.717) is 17.7 Å². The predicted molar refractivity (Wildman–Crippen MR) is 111 cm³/mol. The second-order valence-corrected chi connectivity index (χ2v) is 9.67. The van der Waals surface area contributed by atoms with E-state index in [0.717, 1.165) is 51.2 Å². The van der Waals surface area contributed by atoms with E-state index in [1.165, 1.54) is 6.07 Å². The van der Waals surface area contributed by atoms with Crippen molar-refractivity contribution in [3.63, 3.8) is 0 Å². The van der Waals surface area contributed by atoms with Crippen LogP contribution >= 0.6 is 27.9 Å². The van der Waals surface area contributed by atoms with Gasteiger partial charge in [-0.15, -0.1) is 0 Å². The molecule has 4 nitrogen and oxygen atoms in total. The Morgan fingerprint density at radius 3 is 2.57 bits per heavy atom. The van der Waals surface area contributed by atoms with Crippen LogP contribution in [0.15, 0.2) is 22.7 Å². The highest BCUT2D eigenvalue weighted by molar-refractivity contribution is 9.10. The van der Waals surface area contributed by atoms with Crippen molar-refractivity contribution in [1.29, 1.82) is 0 Å². The molecule has 1 aromatic rings. The van der Waals surface area contributed by atoms with Gasteiger partial charge in [0.25, 0.3) is 5.91 Å². The van der Waals surface area contributed by atoms with Crippen molar-refractivity contribution in [2.75, 3.05) is 32.7 Å². The zero-order valence-corrected chi connectivity index (χ0v) is 18.5. The number of hydrogen-bond donors (Lipinski definition) is 2. The summed E-state index contributed by atoms with van der Waals surface area (Å²) in [5.74, 6) is -0.114. The van der Waals surface area contributed by atoms with Crippen molar-refractivity contribution in [3.05, 3.63) is 33.8 Å². The molecule has 2 rings (SSSR count). The van der Waals surface area contributed by atoms with Gasteiger partial charge in [0.05, 0.1) is 5.56 Å². The first-order valence-corrected chi connectivity index (χ1v) is 11.1. The Labute approximate surface area is 177 Å². The number of carbonyl (C=O) groups excluding carboxylic acids is 1. The lowest BCUT2D eigenvalue weighted by Crippen LogP contribution is -2.40. The van der Waals surface area contributed by atoms with Gasteiger partial charge in [-0.2, -0.15) is 13.2 Å². The van der Waals surface area contributed by atoms with Gasteiger partial charge < -0.3 is 10.2 Å². The first-order valence-electron chi connectivity index (χ1n) is 9.42. The second-order valence-electron chi connectivity index (χ2n) is 7.28. The molecule has 1 aliphatic rings. The molecule has 0 spiro atoms. The Morgan fingerprint density at radius 1 is 1.29 bits per heavy atom. The highest BCUT2D eigenvalue weighted by Crippen LogP contribution is 2.32. The molecule has 9 heteroatoms. The van der Waals surface area contributed by atoms with Gasteiger partial charge in [-0.05, 0) is 50.0 Å². The maximum absolute atomic E-state index is 12.9. The summed E-state index contributed by atoms with van der Waals surface area (Å²) >= 11 is 4.78. The molecule has 0 atom stereocenters. The number of nitrogens with one attached hydrogen (secondary N) is 2. The minimum atomic E-state index is -4.48. The minimum Gasteiger partial charge on any atom is -0.352 e. The quantitative estimate of drug-likeness (QED) is 0.422. The van der Waals surface area contributed by atoms with Crippen LogP contribution in [0, 0.1) is 5.92 Å². The summed E-state index contributed by atoms with van der Waals surface area (Å²) in [7, 11) is 0. The van der Waals surface area contributed by atoms with Crippen LogP contribution in [0.25, 0.3) is 0 Å². The van der Waals surface area contributed by atoms with Crippen molar-refractivity contribution >= 4 is 33.8 Å². The van der Waals surface area contributed by atoms with Crippen LogP contribution in [0.3, 0.4) is 0 Å². The van der Waals surface area contributed by atoms with E-state index in [-0.39, 0.29) is 10.0 Å².